The number of benzene rings is 2. The molecule has 0 radical (unpaired) electrons. The number of fused-ring (bicyclic) bond motifs is 1. The molecule has 1 aliphatic rings. The normalized spacial score (nSPS) is 17.3. The van der Waals surface area contributed by atoms with E-state index < -0.39 is 0 Å². The van der Waals surface area contributed by atoms with Crippen molar-refractivity contribution in [2.75, 3.05) is 26.8 Å². The van der Waals surface area contributed by atoms with Crippen molar-refractivity contribution in [3.63, 3.8) is 0 Å². The van der Waals surface area contributed by atoms with Crippen LogP contribution < -0.4 is 4.74 Å². The van der Waals surface area contributed by atoms with Crippen molar-refractivity contribution in [1.29, 1.82) is 0 Å². The summed E-state index contributed by atoms with van der Waals surface area (Å²) < 4.78 is 11.2. The smallest absolute Gasteiger partial charge is 0.254 e. The fourth-order valence-electron chi connectivity index (χ4n) is 3.28. The summed E-state index contributed by atoms with van der Waals surface area (Å²) in [5.41, 5.74) is 1.74. The van der Waals surface area contributed by atoms with Gasteiger partial charge < -0.3 is 14.4 Å². The zero-order chi connectivity index (χ0) is 17.9. The molecule has 1 unspecified atom stereocenters. The summed E-state index contributed by atoms with van der Waals surface area (Å²) in [4.78, 5) is 18.5. The van der Waals surface area contributed by atoms with Crippen LogP contribution in [0.5, 0.6) is 5.75 Å². The molecule has 2 aromatic carbocycles. The third kappa shape index (κ3) is 3.26. The SMILES string of the molecule is COc1ccc2cc(C3CN(C(=O)c4ccncc4)CCO3)ccc2c1. The highest BCUT2D eigenvalue weighted by molar-refractivity contribution is 5.94. The Hall–Kier alpha value is -2.92. The van der Waals surface area contributed by atoms with Crippen LogP contribution in [0.2, 0.25) is 0 Å². The monoisotopic (exact) mass is 348 g/mol. The van der Waals surface area contributed by atoms with E-state index >= 15 is 0 Å². The highest BCUT2D eigenvalue weighted by Gasteiger charge is 2.26. The van der Waals surface area contributed by atoms with Crippen molar-refractivity contribution < 1.29 is 14.3 Å². The van der Waals surface area contributed by atoms with E-state index in [1.807, 2.05) is 23.1 Å². The minimum atomic E-state index is -0.124. The first kappa shape index (κ1) is 16.5. The molecular formula is C21H20N2O3. The molecule has 3 aromatic rings. The maximum absolute atomic E-state index is 12.7. The molecule has 1 amide bonds. The molecule has 2 heterocycles. The Morgan fingerprint density at radius 1 is 1.12 bits per heavy atom. The van der Waals surface area contributed by atoms with Crippen molar-refractivity contribution in [3.8, 4) is 5.75 Å². The molecule has 1 saturated heterocycles. The Balaban J connectivity index is 1.56. The van der Waals surface area contributed by atoms with Crippen molar-refractivity contribution in [1.82, 2.24) is 9.88 Å². The average molecular weight is 348 g/mol. The fourth-order valence-corrected chi connectivity index (χ4v) is 3.28. The van der Waals surface area contributed by atoms with Crippen molar-refractivity contribution >= 4 is 16.7 Å². The number of hydrogen-bond donors (Lipinski definition) is 0. The summed E-state index contributed by atoms with van der Waals surface area (Å²) in [5.74, 6) is 0.861. The Kier molecular flexibility index (Phi) is 4.54. The molecule has 4 rings (SSSR count). The maximum atomic E-state index is 12.7. The summed E-state index contributed by atoms with van der Waals surface area (Å²) in [6.07, 6.45) is 3.16. The van der Waals surface area contributed by atoms with Crippen LogP contribution in [0.25, 0.3) is 10.8 Å². The van der Waals surface area contributed by atoms with E-state index in [4.69, 9.17) is 9.47 Å². The van der Waals surface area contributed by atoms with Gasteiger partial charge >= 0.3 is 0 Å². The van der Waals surface area contributed by atoms with Gasteiger partial charge in [0.15, 0.2) is 0 Å². The fraction of sp³-hybridized carbons (Fsp3) is 0.238. The molecule has 5 nitrogen and oxygen atoms in total. The summed E-state index contributed by atoms with van der Waals surface area (Å²) in [7, 11) is 1.67. The molecule has 0 saturated carbocycles. The number of ether oxygens (including phenoxy) is 2. The summed E-state index contributed by atoms with van der Waals surface area (Å²) in [5, 5.41) is 2.25. The third-order valence-corrected chi connectivity index (χ3v) is 4.72. The van der Waals surface area contributed by atoms with Crippen LogP contribution in [0.15, 0.2) is 60.9 Å². The molecule has 1 atom stereocenters. The van der Waals surface area contributed by atoms with Crippen LogP contribution in [-0.4, -0.2) is 42.6 Å². The van der Waals surface area contributed by atoms with E-state index in [2.05, 4.69) is 23.2 Å². The number of carbonyl (C=O) groups excluding carboxylic acids is 1. The highest BCUT2D eigenvalue weighted by Crippen LogP contribution is 2.28. The van der Waals surface area contributed by atoms with E-state index in [1.54, 1.807) is 31.6 Å². The number of pyridine rings is 1. The van der Waals surface area contributed by atoms with Gasteiger partial charge in [0, 0.05) is 24.5 Å². The molecule has 0 bridgehead atoms. The van der Waals surface area contributed by atoms with Crippen molar-refractivity contribution in [3.05, 3.63) is 72.1 Å². The minimum absolute atomic E-state index is 0.0197. The van der Waals surface area contributed by atoms with Gasteiger partial charge in [-0.1, -0.05) is 18.2 Å². The van der Waals surface area contributed by atoms with E-state index in [1.165, 1.54) is 0 Å². The Morgan fingerprint density at radius 2 is 1.88 bits per heavy atom. The molecule has 26 heavy (non-hydrogen) atoms. The van der Waals surface area contributed by atoms with E-state index in [0.717, 1.165) is 22.1 Å². The first-order valence-electron chi connectivity index (χ1n) is 8.63. The first-order chi connectivity index (χ1) is 12.7. The van der Waals surface area contributed by atoms with Gasteiger partial charge in [-0.25, -0.2) is 0 Å². The summed E-state index contributed by atoms with van der Waals surface area (Å²) in [6.45, 7) is 1.67. The number of nitrogens with zero attached hydrogens (tertiary/aromatic N) is 2. The molecule has 132 valence electrons. The standard InChI is InChI=1S/C21H20N2O3/c1-25-19-5-4-16-12-18(3-2-17(16)13-19)20-14-23(10-11-26-20)21(24)15-6-8-22-9-7-15/h2-9,12-13,20H,10-11,14H2,1H3. The number of aromatic nitrogens is 1. The largest absolute Gasteiger partial charge is 0.497 e. The Morgan fingerprint density at radius 3 is 2.69 bits per heavy atom. The van der Waals surface area contributed by atoms with Gasteiger partial charge in [0.1, 0.15) is 11.9 Å². The number of methoxy groups -OCH3 is 1. The van der Waals surface area contributed by atoms with Crippen LogP contribution in [0.1, 0.15) is 22.0 Å². The highest BCUT2D eigenvalue weighted by atomic mass is 16.5. The average Bonchev–Trinajstić information content (AvgIpc) is 2.73. The predicted molar refractivity (Wildman–Crippen MR) is 99.3 cm³/mol. The van der Waals surface area contributed by atoms with E-state index in [0.29, 0.717) is 25.3 Å². The van der Waals surface area contributed by atoms with Gasteiger partial charge in [-0.15, -0.1) is 0 Å². The molecule has 1 aliphatic heterocycles. The maximum Gasteiger partial charge on any atom is 0.254 e. The van der Waals surface area contributed by atoms with Gasteiger partial charge in [-0.05, 0) is 46.7 Å². The lowest BCUT2D eigenvalue weighted by molar-refractivity contribution is -0.0227. The van der Waals surface area contributed by atoms with Crippen LogP contribution in [0.3, 0.4) is 0 Å². The molecule has 1 aromatic heterocycles. The van der Waals surface area contributed by atoms with Crippen LogP contribution in [0, 0.1) is 0 Å². The topological polar surface area (TPSA) is 51.7 Å². The van der Waals surface area contributed by atoms with Gasteiger partial charge in [-0.2, -0.15) is 0 Å². The molecule has 0 aliphatic carbocycles. The lowest BCUT2D eigenvalue weighted by Gasteiger charge is -2.33. The first-order valence-corrected chi connectivity index (χ1v) is 8.63. The van der Waals surface area contributed by atoms with Gasteiger partial charge in [0.25, 0.3) is 5.91 Å². The summed E-state index contributed by atoms with van der Waals surface area (Å²) in [6, 6.07) is 15.8. The van der Waals surface area contributed by atoms with E-state index in [9.17, 15) is 4.79 Å². The number of rotatable bonds is 3. The number of morpholine rings is 1. The number of carbonyl (C=O) groups is 1. The molecule has 0 N–H and O–H groups in total. The quantitative estimate of drug-likeness (QED) is 0.727. The second-order valence-corrected chi connectivity index (χ2v) is 6.32. The van der Waals surface area contributed by atoms with Crippen LogP contribution in [-0.2, 0) is 4.74 Å². The molecule has 5 heteroatoms. The predicted octanol–water partition coefficient (Wildman–Crippen LogP) is 3.46. The zero-order valence-corrected chi connectivity index (χ0v) is 14.6. The minimum Gasteiger partial charge on any atom is -0.497 e. The van der Waals surface area contributed by atoms with Gasteiger partial charge in [-0.3, -0.25) is 9.78 Å². The number of amides is 1. The summed E-state index contributed by atoms with van der Waals surface area (Å²) >= 11 is 0. The second-order valence-electron chi connectivity index (χ2n) is 6.32. The molecule has 1 fully saturated rings. The van der Waals surface area contributed by atoms with Gasteiger partial charge in [0.05, 0.1) is 20.3 Å². The van der Waals surface area contributed by atoms with Crippen molar-refractivity contribution in [2.24, 2.45) is 0 Å². The molecular weight excluding hydrogens is 328 g/mol. The van der Waals surface area contributed by atoms with E-state index in [-0.39, 0.29) is 12.0 Å². The third-order valence-electron chi connectivity index (χ3n) is 4.72. The number of hydrogen-bond acceptors (Lipinski definition) is 4. The second kappa shape index (κ2) is 7.14. The molecule has 0 spiro atoms. The zero-order valence-electron chi connectivity index (χ0n) is 14.6. The van der Waals surface area contributed by atoms with Crippen molar-refractivity contribution in [2.45, 2.75) is 6.10 Å². The lowest BCUT2D eigenvalue weighted by Crippen LogP contribution is -2.42. The Labute approximate surface area is 152 Å². The van der Waals surface area contributed by atoms with Crippen LogP contribution in [0.4, 0.5) is 0 Å². The van der Waals surface area contributed by atoms with Crippen LogP contribution >= 0.6 is 0 Å². The Bertz CT molecular complexity index is 927. The lowest BCUT2D eigenvalue weighted by atomic mass is 10.0. The van der Waals surface area contributed by atoms with Gasteiger partial charge in [0.2, 0.25) is 0 Å².